The first-order chi connectivity index (χ1) is 28.8. The third kappa shape index (κ3) is 11.7. The second-order valence-corrected chi connectivity index (χ2v) is 18.4. The molecule has 0 aromatic heterocycles. The summed E-state index contributed by atoms with van der Waals surface area (Å²) >= 11 is 1.54. The van der Waals surface area contributed by atoms with E-state index >= 15 is 0 Å². The number of thioether (sulfide) groups is 1. The number of carbonyl (C=O) groups is 7. The first-order valence-electron chi connectivity index (χ1n) is 20.2. The van der Waals surface area contributed by atoms with Crippen LogP contribution in [0.5, 0.6) is 0 Å². The van der Waals surface area contributed by atoms with E-state index in [2.05, 4.69) is 31.9 Å². The molecule has 6 rings (SSSR count). The predicted molar refractivity (Wildman–Crippen MR) is 222 cm³/mol. The highest BCUT2D eigenvalue weighted by Gasteiger charge is 2.44. The number of benzene rings is 2. The molecule has 3 saturated heterocycles. The molecule has 2 aromatic rings. The molecule has 0 radical (unpaired) electrons. The van der Waals surface area contributed by atoms with Crippen LogP contribution in [0, 0.1) is 5.92 Å². The maximum Gasteiger partial charge on any atom is 0.262 e. The molecular weight excluding hydrogens is 817 g/mol. The van der Waals surface area contributed by atoms with Gasteiger partial charge in [-0.1, -0.05) is 30.3 Å². The number of imide groups is 2. The number of ether oxygens (including phenoxy) is 1. The molecule has 5 atom stereocenters. The van der Waals surface area contributed by atoms with E-state index in [4.69, 9.17) is 4.74 Å². The number of amides is 7. The zero-order valence-electron chi connectivity index (χ0n) is 33.4. The van der Waals surface area contributed by atoms with Crippen molar-refractivity contribution in [2.24, 2.45) is 5.92 Å². The summed E-state index contributed by atoms with van der Waals surface area (Å²) < 4.78 is 31.0. The van der Waals surface area contributed by atoms with Gasteiger partial charge in [0.1, 0.15) is 17.6 Å². The summed E-state index contributed by atoms with van der Waals surface area (Å²) in [6.45, 7) is 1.39. The van der Waals surface area contributed by atoms with Gasteiger partial charge in [-0.2, -0.15) is 0 Å². The van der Waals surface area contributed by atoms with Gasteiger partial charge in [0.05, 0.1) is 29.9 Å². The number of nitrogens with one attached hydrogen (secondary N) is 6. The number of hydrogen-bond donors (Lipinski definition) is 6. The van der Waals surface area contributed by atoms with E-state index in [9.17, 15) is 42.0 Å². The molecule has 60 heavy (non-hydrogen) atoms. The van der Waals surface area contributed by atoms with Crippen LogP contribution in [0.25, 0.3) is 0 Å². The lowest BCUT2D eigenvalue weighted by molar-refractivity contribution is -0.136. The van der Waals surface area contributed by atoms with E-state index in [1.165, 1.54) is 16.1 Å². The summed E-state index contributed by atoms with van der Waals surface area (Å²) in [5.41, 5.74) is 1.79. The molecule has 4 unspecified atom stereocenters. The third-order valence-electron chi connectivity index (χ3n) is 10.8. The van der Waals surface area contributed by atoms with Crippen molar-refractivity contribution in [1.82, 2.24) is 35.8 Å². The van der Waals surface area contributed by atoms with E-state index < -0.39 is 63.5 Å². The highest BCUT2D eigenvalue weighted by Crippen LogP contribution is 2.30. The van der Waals surface area contributed by atoms with Crippen molar-refractivity contribution in [1.29, 1.82) is 0 Å². The smallest absolute Gasteiger partial charge is 0.262 e. The van der Waals surface area contributed by atoms with Gasteiger partial charge in [-0.05, 0) is 62.3 Å². The first-order valence-corrected chi connectivity index (χ1v) is 23.1. The van der Waals surface area contributed by atoms with Crippen LogP contribution in [0.4, 0.5) is 5.69 Å². The quantitative estimate of drug-likeness (QED) is 0.0800. The number of rotatable bonds is 20. The number of anilines is 1. The van der Waals surface area contributed by atoms with Crippen LogP contribution in [0.3, 0.4) is 0 Å². The lowest BCUT2D eigenvalue weighted by atomic mass is 10.0. The minimum atomic E-state index is -3.45. The Morgan fingerprint density at radius 3 is 2.47 bits per heavy atom. The van der Waals surface area contributed by atoms with Crippen LogP contribution < -0.4 is 31.9 Å². The van der Waals surface area contributed by atoms with E-state index in [0.717, 1.165) is 41.7 Å². The van der Waals surface area contributed by atoms with Crippen molar-refractivity contribution in [3.63, 3.8) is 0 Å². The third-order valence-corrected chi connectivity index (χ3v) is 13.2. The lowest BCUT2D eigenvalue weighted by Gasteiger charge is -2.27. The SMILES string of the molecule is CS(=O)(=O)N1CCC(C(=O)N[C@@H](COCCCC(=O)NCCCCCNc2ccc3c(c2)C(=O)N(C2CCC(=O)NC2=O)C3=O)C(=O)NC2NC(c3ccccc3)CS2)C1. The second-order valence-electron chi connectivity index (χ2n) is 15.2. The highest BCUT2D eigenvalue weighted by molar-refractivity contribution is 8.00. The normalized spacial score (nSPS) is 22.3. The maximum atomic E-state index is 13.4. The molecule has 3 fully saturated rings. The van der Waals surface area contributed by atoms with Gasteiger partial charge in [-0.3, -0.25) is 49.1 Å². The lowest BCUT2D eigenvalue weighted by Crippen LogP contribution is -2.54. The van der Waals surface area contributed by atoms with Crippen LogP contribution in [-0.4, -0.2) is 128 Å². The Morgan fingerprint density at radius 1 is 0.950 bits per heavy atom. The molecule has 18 nitrogen and oxygen atoms in total. The van der Waals surface area contributed by atoms with E-state index in [-0.39, 0.29) is 74.1 Å². The molecule has 324 valence electrons. The summed E-state index contributed by atoms with van der Waals surface area (Å²) in [4.78, 5) is 89.8. The predicted octanol–water partition coefficient (Wildman–Crippen LogP) is 0.827. The average molecular weight is 869 g/mol. The van der Waals surface area contributed by atoms with Crippen molar-refractivity contribution in [2.75, 3.05) is 56.7 Å². The van der Waals surface area contributed by atoms with E-state index in [1.54, 1.807) is 18.2 Å². The van der Waals surface area contributed by atoms with Crippen LogP contribution in [-0.2, 0) is 38.7 Å². The molecule has 6 N–H and O–H groups in total. The Kier molecular flexibility index (Phi) is 15.3. The van der Waals surface area contributed by atoms with Crippen molar-refractivity contribution < 1.29 is 46.7 Å². The molecule has 0 saturated carbocycles. The number of sulfonamides is 1. The monoisotopic (exact) mass is 868 g/mol. The Morgan fingerprint density at radius 2 is 1.72 bits per heavy atom. The second kappa shape index (κ2) is 20.6. The van der Waals surface area contributed by atoms with Gasteiger partial charge in [0, 0.05) is 63.1 Å². The highest BCUT2D eigenvalue weighted by atomic mass is 32.2. The summed E-state index contributed by atoms with van der Waals surface area (Å²) in [7, 11) is -3.45. The van der Waals surface area contributed by atoms with Gasteiger partial charge in [0.2, 0.25) is 39.6 Å². The summed E-state index contributed by atoms with van der Waals surface area (Å²) in [5, 5.41) is 17.4. The standard InChI is InChI=1S/C40H52N8O10S2/c1-60(56,57)47-19-16-26(22-47)35(51)43-30(36(52)46-40-44-31(24-59-40)25-9-4-2-5-10-25)23-58-20-8-11-33(49)42-18-7-3-6-17-41-27-12-13-28-29(21-27)39(55)48(38(28)54)32-14-15-34(50)45-37(32)53/h2,4-5,9-10,12-13,21,26,30-32,40-41,44H,3,6-8,11,14-20,22-24H2,1H3,(H,42,49)(H,43,51)(H,46,52)(H,45,50,53)/t26?,30-,31?,32?,40?/m0/s1. The van der Waals surface area contributed by atoms with E-state index in [0.29, 0.717) is 31.6 Å². The molecule has 20 heteroatoms. The van der Waals surface area contributed by atoms with Crippen LogP contribution >= 0.6 is 11.8 Å². The number of hydrogen-bond acceptors (Lipinski definition) is 13. The fraction of sp³-hybridized carbons (Fsp3) is 0.525. The van der Waals surface area contributed by atoms with Crippen LogP contribution in [0.2, 0.25) is 0 Å². The van der Waals surface area contributed by atoms with Gasteiger partial charge in [-0.25, -0.2) is 12.7 Å². The molecule has 0 spiro atoms. The van der Waals surface area contributed by atoms with Crippen molar-refractivity contribution >= 4 is 68.8 Å². The molecule has 4 aliphatic heterocycles. The van der Waals surface area contributed by atoms with Gasteiger partial charge in [-0.15, -0.1) is 11.8 Å². The minimum absolute atomic E-state index is 0.0447. The Bertz CT molecular complexity index is 2060. The Balaban J connectivity index is 0.865. The van der Waals surface area contributed by atoms with Gasteiger partial charge in [0.25, 0.3) is 11.8 Å². The molecule has 0 bridgehead atoms. The Hall–Kier alpha value is -4.89. The summed E-state index contributed by atoms with van der Waals surface area (Å²) in [5.74, 6) is -3.06. The zero-order chi connectivity index (χ0) is 42.8. The van der Waals surface area contributed by atoms with Gasteiger partial charge in [0.15, 0.2) is 0 Å². The van der Waals surface area contributed by atoms with Gasteiger partial charge < -0.3 is 26.0 Å². The summed E-state index contributed by atoms with van der Waals surface area (Å²) in [6.07, 6.45) is 4.52. The van der Waals surface area contributed by atoms with Gasteiger partial charge >= 0.3 is 0 Å². The Labute approximate surface area is 353 Å². The number of unbranched alkanes of at least 4 members (excludes halogenated alkanes) is 2. The largest absolute Gasteiger partial charge is 0.385 e. The average Bonchev–Trinajstić information content (AvgIpc) is 3.97. The summed E-state index contributed by atoms with van der Waals surface area (Å²) in [6, 6.07) is 12.7. The number of carbonyl (C=O) groups excluding carboxylic acids is 7. The van der Waals surface area contributed by atoms with Crippen LogP contribution in [0.15, 0.2) is 48.5 Å². The molecule has 0 aliphatic carbocycles. The maximum absolute atomic E-state index is 13.4. The molecule has 2 aromatic carbocycles. The number of nitrogens with zero attached hydrogens (tertiary/aromatic N) is 2. The molecule has 7 amide bonds. The molecular formula is C40H52N8O10S2. The molecule has 4 heterocycles. The first kappa shape index (κ1) is 44.7. The molecule has 4 aliphatic rings. The minimum Gasteiger partial charge on any atom is -0.385 e. The number of fused-ring (bicyclic) bond motifs is 1. The van der Waals surface area contributed by atoms with Crippen LogP contribution in [0.1, 0.15) is 83.7 Å². The van der Waals surface area contributed by atoms with E-state index in [1.807, 2.05) is 30.3 Å². The topological polar surface area (TPSA) is 242 Å². The fourth-order valence-corrected chi connectivity index (χ4v) is 9.49. The number of piperidine rings is 1. The fourth-order valence-electron chi connectivity index (χ4n) is 7.47. The van der Waals surface area contributed by atoms with Crippen molar-refractivity contribution in [2.45, 2.75) is 75.0 Å². The van der Waals surface area contributed by atoms with Crippen molar-refractivity contribution in [3.8, 4) is 0 Å². The van der Waals surface area contributed by atoms with Crippen molar-refractivity contribution in [3.05, 3.63) is 65.2 Å². The zero-order valence-corrected chi connectivity index (χ0v) is 35.0.